The first-order valence-electron chi connectivity index (χ1n) is 9.38. The van der Waals surface area contributed by atoms with Crippen molar-refractivity contribution in [2.45, 2.75) is 13.3 Å². The number of benzene rings is 2. The number of carbonyl (C=O) groups is 2. The summed E-state index contributed by atoms with van der Waals surface area (Å²) in [6, 6.07) is 20.4. The van der Waals surface area contributed by atoms with Crippen molar-refractivity contribution in [3.05, 3.63) is 78.6 Å². The van der Waals surface area contributed by atoms with Gasteiger partial charge in [-0.25, -0.2) is 0 Å². The molecule has 152 valence electrons. The second-order valence-electron chi connectivity index (χ2n) is 6.32. The number of thiocarbonyl (C=S) groups is 1. The summed E-state index contributed by atoms with van der Waals surface area (Å²) in [5, 5.41) is 8.42. The van der Waals surface area contributed by atoms with Gasteiger partial charge in [-0.2, -0.15) is 0 Å². The molecule has 1 heterocycles. The molecule has 0 aliphatic heterocycles. The molecule has 7 heteroatoms. The molecule has 0 saturated heterocycles. The minimum absolute atomic E-state index is 0.0577. The Kier molecular flexibility index (Phi) is 7.13. The lowest BCUT2D eigenvalue weighted by molar-refractivity contribution is -0.116. The van der Waals surface area contributed by atoms with Gasteiger partial charge >= 0.3 is 0 Å². The molecule has 0 aliphatic rings. The largest absolute Gasteiger partial charge is 0.457 e. The van der Waals surface area contributed by atoms with Gasteiger partial charge < -0.3 is 15.1 Å². The summed E-state index contributed by atoms with van der Waals surface area (Å²) in [4.78, 5) is 23.5. The Hall–Kier alpha value is -3.71. The number of amides is 2. The Morgan fingerprint density at radius 2 is 1.60 bits per heavy atom. The van der Waals surface area contributed by atoms with E-state index in [1.807, 2.05) is 36.4 Å². The van der Waals surface area contributed by atoms with Gasteiger partial charge in [0.15, 0.2) is 5.11 Å². The van der Waals surface area contributed by atoms with Crippen LogP contribution in [0, 0.1) is 0 Å². The first-order chi connectivity index (χ1) is 14.5. The Labute approximate surface area is 180 Å². The van der Waals surface area contributed by atoms with Crippen LogP contribution in [-0.4, -0.2) is 16.9 Å². The molecule has 3 rings (SSSR count). The van der Waals surface area contributed by atoms with E-state index in [1.165, 1.54) is 6.08 Å². The number of furan rings is 1. The number of rotatable bonds is 6. The number of nitrogens with one attached hydrogen (secondary N) is 3. The SMILES string of the molecule is CCC(=O)Nc1ccc(NC(=S)NC(=O)/C=C/c2ccc(-c3ccccc3)o2)cc1. The molecule has 0 unspecified atom stereocenters. The van der Waals surface area contributed by atoms with Crippen LogP contribution in [0.2, 0.25) is 0 Å². The van der Waals surface area contributed by atoms with Gasteiger partial charge in [-0.05, 0) is 54.7 Å². The normalized spacial score (nSPS) is 10.6. The second-order valence-corrected chi connectivity index (χ2v) is 6.73. The molecular formula is C23H21N3O3S. The summed E-state index contributed by atoms with van der Waals surface area (Å²) in [5.74, 6) is 0.855. The maximum Gasteiger partial charge on any atom is 0.250 e. The Balaban J connectivity index is 1.50. The van der Waals surface area contributed by atoms with Crippen LogP contribution in [0.4, 0.5) is 11.4 Å². The van der Waals surface area contributed by atoms with Crippen molar-refractivity contribution in [1.29, 1.82) is 0 Å². The van der Waals surface area contributed by atoms with Gasteiger partial charge in [0.2, 0.25) is 11.8 Å². The fourth-order valence-corrected chi connectivity index (χ4v) is 2.78. The molecule has 1 aromatic heterocycles. The van der Waals surface area contributed by atoms with Crippen molar-refractivity contribution in [3.63, 3.8) is 0 Å². The quantitative estimate of drug-likeness (QED) is 0.394. The van der Waals surface area contributed by atoms with Crippen LogP contribution in [0.3, 0.4) is 0 Å². The highest BCUT2D eigenvalue weighted by Crippen LogP contribution is 2.22. The van der Waals surface area contributed by atoms with Gasteiger partial charge in [0.05, 0.1) is 0 Å². The van der Waals surface area contributed by atoms with E-state index in [1.54, 1.807) is 43.3 Å². The molecule has 0 spiro atoms. The molecule has 0 atom stereocenters. The minimum atomic E-state index is -0.378. The lowest BCUT2D eigenvalue weighted by atomic mass is 10.2. The Bertz CT molecular complexity index is 1060. The van der Waals surface area contributed by atoms with Crippen molar-refractivity contribution in [2.75, 3.05) is 10.6 Å². The van der Waals surface area contributed by atoms with E-state index in [0.29, 0.717) is 23.6 Å². The molecule has 2 aromatic carbocycles. The first-order valence-corrected chi connectivity index (χ1v) is 9.79. The predicted octanol–water partition coefficient (Wildman–Crippen LogP) is 4.82. The summed E-state index contributed by atoms with van der Waals surface area (Å²) in [6.45, 7) is 1.79. The van der Waals surface area contributed by atoms with E-state index in [-0.39, 0.29) is 16.9 Å². The van der Waals surface area contributed by atoms with Crippen LogP contribution in [0.5, 0.6) is 0 Å². The molecule has 0 saturated carbocycles. The highest BCUT2D eigenvalue weighted by Gasteiger charge is 2.05. The predicted molar refractivity (Wildman–Crippen MR) is 123 cm³/mol. The van der Waals surface area contributed by atoms with Gasteiger partial charge in [-0.1, -0.05) is 37.3 Å². The van der Waals surface area contributed by atoms with Crippen molar-refractivity contribution >= 4 is 46.6 Å². The first kappa shape index (κ1) is 21.0. The average Bonchev–Trinajstić information content (AvgIpc) is 3.23. The Morgan fingerprint density at radius 3 is 2.27 bits per heavy atom. The highest BCUT2D eigenvalue weighted by atomic mass is 32.1. The molecule has 0 bridgehead atoms. The van der Waals surface area contributed by atoms with Crippen molar-refractivity contribution in [1.82, 2.24) is 5.32 Å². The smallest absolute Gasteiger partial charge is 0.250 e. The zero-order valence-electron chi connectivity index (χ0n) is 16.3. The van der Waals surface area contributed by atoms with Gasteiger partial charge in [0, 0.05) is 29.4 Å². The summed E-state index contributed by atoms with van der Waals surface area (Å²) >= 11 is 5.16. The van der Waals surface area contributed by atoms with E-state index in [2.05, 4.69) is 16.0 Å². The van der Waals surface area contributed by atoms with E-state index >= 15 is 0 Å². The molecule has 3 N–H and O–H groups in total. The fourth-order valence-electron chi connectivity index (χ4n) is 2.56. The topological polar surface area (TPSA) is 83.4 Å². The average molecular weight is 420 g/mol. The van der Waals surface area contributed by atoms with Crippen molar-refractivity contribution in [2.24, 2.45) is 0 Å². The summed E-state index contributed by atoms with van der Waals surface area (Å²) in [5.41, 5.74) is 2.35. The number of hydrogen-bond donors (Lipinski definition) is 3. The van der Waals surface area contributed by atoms with Crippen LogP contribution in [0.25, 0.3) is 17.4 Å². The van der Waals surface area contributed by atoms with Gasteiger partial charge in [0.25, 0.3) is 0 Å². The summed E-state index contributed by atoms with van der Waals surface area (Å²) in [6.07, 6.45) is 3.34. The highest BCUT2D eigenvalue weighted by molar-refractivity contribution is 7.80. The zero-order chi connectivity index (χ0) is 21.3. The Morgan fingerprint density at radius 1 is 0.933 bits per heavy atom. The molecule has 3 aromatic rings. The second kappa shape index (κ2) is 10.2. The third-order valence-electron chi connectivity index (χ3n) is 4.07. The summed E-state index contributed by atoms with van der Waals surface area (Å²) < 4.78 is 5.72. The molecule has 6 nitrogen and oxygen atoms in total. The monoisotopic (exact) mass is 419 g/mol. The number of anilines is 2. The van der Waals surface area contributed by atoms with E-state index in [9.17, 15) is 9.59 Å². The molecule has 0 aliphatic carbocycles. The third kappa shape index (κ3) is 6.15. The standard InChI is InChI=1S/C23H21N3O3S/c1-2-21(27)24-17-8-10-18(11-9-17)25-23(30)26-22(28)15-13-19-12-14-20(29-19)16-6-4-3-5-7-16/h3-15H,2H2,1H3,(H,24,27)(H2,25,26,28,30)/b15-13+. The molecule has 30 heavy (non-hydrogen) atoms. The number of carbonyl (C=O) groups excluding carboxylic acids is 2. The van der Waals surface area contributed by atoms with Crippen molar-refractivity contribution in [3.8, 4) is 11.3 Å². The maximum atomic E-state index is 12.1. The van der Waals surface area contributed by atoms with Gasteiger partial charge in [-0.3, -0.25) is 14.9 Å². The molecular weight excluding hydrogens is 398 g/mol. The van der Waals surface area contributed by atoms with Crippen LogP contribution >= 0.6 is 12.2 Å². The third-order valence-corrected chi connectivity index (χ3v) is 4.27. The zero-order valence-corrected chi connectivity index (χ0v) is 17.2. The summed E-state index contributed by atoms with van der Waals surface area (Å²) in [7, 11) is 0. The van der Waals surface area contributed by atoms with Gasteiger partial charge in [0.1, 0.15) is 11.5 Å². The van der Waals surface area contributed by atoms with Crippen LogP contribution in [-0.2, 0) is 9.59 Å². The van der Waals surface area contributed by atoms with E-state index in [0.717, 1.165) is 11.3 Å². The molecule has 0 fully saturated rings. The van der Waals surface area contributed by atoms with Crippen LogP contribution in [0.1, 0.15) is 19.1 Å². The molecule has 2 amide bonds. The maximum absolute atomic E-state index is 12.1. The van der Waals surface area contributed by atoms with Crippen molar-refractivity contribution < 1.29 is 14.0 Å². The van der Waals surface area contributed by atoms with E-state index in [4.69, 9.17) is 16.6 Å². The van der Waals surface area contributed by atoms with Crippen LogP contribution < -0.4 is 16.0 Å². The van der Waals surface area contributed by atoms with E-state index < -0.39 is 0 Å². The lowest BCUT2D eigenvalue weighted by Crippen LogP contribution is -2.32. The van der Waals surface area contributed by atoms with Crippen LogP contribution in [0.15, 0.2) is 77.2 Å². The minimum Gasteiger partial charge on any atom is -0.457 e. The van der Waals surface area contributed by atoms with Gasteiger partial charge in [-0.15, -0.1) is 0 Å². The lowest BCUT2D eigenvalue weighted by Gasteiger charge is -2.09. The number of hydrogen-bond acceptors (Lipinski definition) is 4. The molecule has 0 radical (unpaired) electrons. The fraction of sp³-hybridized carbons (Fsp3) is 0.0870.